The average Bonchev–Trinajstić information content (AvgIpc) is 2.77. The molecule has 0 heterocycles. The van der Waals surface area contributed by atoms with E-state index in [1.165, 1.54) is 11.1 Å². The summed E-state index contributed by atoms with van der Waals surface area (Å²) in [5.74, 6) is 0.490. The van der Waals surface area contributed by atoms with Crippen molar-refractivity contribution in [2.75, 3.05) is 0 Å². The first-order chi connectivity index (χ1) is 7.06. The van der Waals surface area contributed by atoms with Crippen molar-refractivity contribution in [2.45, 2.75) is 45.6 Å². The summed E-state index contributed by atoms with van der Waals surface area (Å²) in [4.78, 5) is 0. The monoisotopic (exact) mass is 204 g/mol. The smallest absolute Gasteiger partial charge is 0.0929 e. The SMILES string of the molecule is CCCC1CC1(O)c1cc(C)cc(C)c1. The topological polar surface area (TPSA) is 20.2 Å². The van der Waals surface area contributed by atoms with E-state index in [-0.39, 0.29) is 0 Å². The highest BCUT2D eigenvalue weighted by atomic mass is 16.3. The van der Waals surface area contributed by atoms with Crippen molar-refractivity contribution < 1.29 is 5.11 Å². The Morgan fingerprint density at radius 1 is 1.27 bits per heavy atom. The van der Waals surface area contributed by atoms with Crippen LogP contribution in [0.3, 0.4) is 0 Å². The Morgan fingerprint density at radius 3 is 2.40 bits per heavy atom. The summed E-state index contributed by atoms with van der Waals surface area (Å²) in [5.41, 5.74) is 3.12. The lowest BCUT2D eigenvalue weighted by Crippen LogP contribution is -2.09. The van der Waals surface area contributed by atoms with Crippen molar-refractivity contribution in [3.8, 4) is 0 Å². The van der Waals surface area contributed by atoms with Gasteiger partial charge < -0.3 is 5.11 Å². The summed E-state index contributed by atoms with van der Waals surface area (Å²) in [6.07, 6.45) is 3.25. The molecule has 0 amide bonds. The Balaban J connectivity index is 2.24. The number of aliphatic hydroxyl groups is 1. The van der Waals surface area contributed by atoms with E-state index in [4.69, 9.17) is 0 Å². The molecule has 1 aliphatic carbocycles. The first-order valence-corrected chi connectivity index (χ1v) is 5.87. The van der Waals surface area contributed by atoms with Crippen LogP contribution in [0.25, 0.3) is 0 Å². The minimum Gasteiger partial charge on any atom is -0.385 e. The van der Waals surface area contributed by atoms with Gasteiger partial charge in [0.15, 0.2) is 0 Å². The van der Waals surface area contributed by atoms with Gasteiger partial charge in [-0.2, -0.15) is 0 Å². The lowest BCUT2D eigenvalue weighted by molar-refractivity contribution is 0.129. The fourth-order valence-electron chi connectivity index (χ4n) is 2.58. The Morgan fingerprint density at radius 2 is 1.87 bits per heavy atom. The molecular formula is C14H20O. The van der Waals surface area contributed by atoms with E-state index in [0.717, 1.165) is 24.8 Å². The first-order valence-electron chi connectivity index (χ1n) is 5.87. The number of hydrogen-bond acceptors (Lipinski definition) is 1. The molecule has 0 aliphatic heterocycles. The van der Waals surface area contributed by atoms with Gasteiger partial charge >= 0.3 is 0 Å². The Kier molecular flexibility index (Phi) is 2.59. The maximum Gasteiger partial charge on any atom is 0.0929 e. The van der Waals surface area contributed by atoms with Crippen molar-refractivity contribution in [3.63, 3.8) is 0 Å². The zero-order valence-electron chi connectivity index (χ0n) is 9.88. The lowest BCUT2D eigenvalue weighted by atomic mass is 9.99. The molecule has 1 aromatic rings. The molecule has 1 fully saturated rings. The highest BCUT2D eigenvalue weighted by Crippen LogP contribution is 2.54. The fourth-order valence-corrected chi connectivity index (χ4v) is 2.58. The Hall–Kier alpha value is -0.820. The number of benzene rings is 1. The maximum atomic E-state index is 10.4. The third kappa shape index (κ3) is 1.93. The van der Waals surface area contributed by atoms with Crippen LogP contribution in [0.15, 0.2) is 18.2 Å². The average molecular weight is 204 g/mol. The minimum atomic E-state index is -0.507. The van der Waals surface area contributed by atoms with E-state index in [1.807, 2.05) is 0 Å². The molecule has 1 N–H and O–H groups in total. The van der Waals surface area contributed by atoms with Crippen LogP contribution in [0.4, 0.5) is 0 Å². The largest absolute Gasteiger partial charge is 0.385 e. The molecule has 2 atom stereocenters. The third-order valence-electron chi connectivity index (χ3n) is 3.43. The highest BCUT2D eigenvalue weighted by molar-refractivity contribution is 5.36. The van der Waals surface area contributed by atoms with Gasteiger partial charge in [0.1, 0.15) is 0 Å². The van der Waals surface area contributed by atoms with Gasteiger partial charge in [0.2, 0.25) is 0 Å². The lowest BCUT2D eigenvalue weighted by Gasteiger charge is -2.12. The fraction of sp³-hybridized carbons (Fsp3) is 0.571. The summed E-state index contributed by atoms with van der Waals surface area (Å²) < 4.78 is 0. The second-order valence-electron chi connectivity index (χ2n) is 4.99. The van der Waals surface area contributed by atoms with Crippen molar-refractivity contribution >= 4 is 0 Å². The summed E-state index contributed by atoms with van der Waals surface area (Å²) in [7, 11) is 0. The molecule has 0 bridgehead atoms. The molecule has 1 aliphatic rings. The van der Waals surface area contributed by atoms with Gasteiger partial charge in [-0.3, -0.25) is 0 Å². The quantitative estimate of drug-likeness (QED) is 0.801. The standard InChI is InChI=1S/C14H20O/c1-4-5-12-9-14(12,15)13-7-10(2)6-11(3)8-13/h6-8,12,15H,4-5,9H2,1-3H3. The highest BCUT2D eigenvalue weighted by Gasteiger charge is 2.53. The van der Waals surface area contributed by atoms with Gasteiger partial charge in [0.25, 0.3) is 0 Å². The minimum absolute atomic E-state index is 0.490. The summed E-state index contributed by atoms with van der Waals surface area (Å²) in [6, 6.07) is 6.41. The van der Waals surface area contributed by atoms with Gasteiger partial charge in [-0.25, -0.2) is 0 Å². The molecule has 0 aromatic heterocycles. The van der Waals surface area contributed by atoms with Crippen LogP contribution in [0, 0.1) is 19.8 Å². The van der Waals surface area contributed by atoms with E-state index in [9.17, 15) is 5.11 Å². The van der Waals surface area contributed by atoms with Crippen molar-refractivity contribution in [1.29, 1.82) is 0 Å². The van der Waals surface area contributed by atoms with Crippen LogP contribution in [-0.2, 0) is 5.60 Å². The van der Waals surface area contributed by atoms with Crippen LogP contribution in [0.1, 0.15) is 42.9 Å². The number of rotatable bonds is 3. The third-order valence-corrected chi connectivity index (χ3v) is 3.43. The van der Waals surface area contributed by atoms with Crippen molar-refractivity contribution in [3.05, 3.63) is 34.9 Å². The normalized spacial score (nSPS) is 29.2. The second kappa shape index (κ2) is 3.64. The predicted molar refractivity (Wildman–Crippen MR) is 62.8 cm³/mol. The van der Waals surface area contributed by atoms with E-state index in [0.29, 0.717) is 5.92 Å². The van der Waals surface area contributed by atoms with Gasteiger partial charge in [-0.15, -0.1) is 0 Å². The summed E-state index contributed by atoms with van der Waals surface area (Å²) in [6.45, 7) is 6.37. The molecule has 15 heavy (non-hydrogen) atoms. The molecule has 2 rings (SSSR count). The zero-order valence-corrected chi connectivity index (χ0v) is 9.88. The summed E-state index contributed by atoms with van der Waals surface area (Å²) in [5, 5.41) is 10.4. The van der Waals surface area contributed by atoms with E-state index in [2.05, 4.69) is 39.0 Å². The summed E-state index contributed by atoms with van der Waals surface area (Å²) >= 11 is 0. The van der Waals surface area contributed by atoms with Crippen LogP contribution in [0.5, 0.6) is 0 Å². The van der Waals surface area contributed by atoms with Crippen LogP contribution in [0.2, 0.25) is 0 Å². The number of aryl methyl sites for hydroxylation is 2. The van der Waals surface area contributed by atoms with Crippen LogP contribution in [-0.4, -0.2) is 5.11 Å². The van der Waals surface area contributed by atoms with Gasteiger partial charge in [0.05, 0.1) is 5.60 Å². The molecule has 82 valence electrons. The van der Waals surface area contributed by atoms with E-state index < -0.39 is 5.60 Å². The van der Waals surface area contributed by atoms with Crippen LogP contribution >= 0.6 is 0 Å². The van der Waals surface area contributed by atoms with Crippen LogP contribution < -0.4 is 0 Å². The zero-order chi connectivity index (χ0) is 11.1. The van der Waals surface area contributed by atoms with E-state index in [1.54, 1.807) is 0 Å². The predicted octanol–water partition coefficient (Wildman–Crippen LogP) is 3.31. The molecule has 1 aromatic carbocycles. The molecule has 0 radical (unpaired) electrons. The van der Waals surface area contributed by atoms with Gasteiger partial charge in [-0.05, 0) is 38.2 Å². The van der Waals surface area contributed by atoms with Crippen molar-refractivity contribution in [2.24, 2.45) is 5.92 Å². The van der Waals surface area contributed by atoms with E-state index >= 15 is 0 Å². The molecule has 1 heteroatoms. The second-order valence-corrected chi connectivity index (χ2v) is 4.99. The molecule has 1 nitrogen and oxygen atoms in total. The molecule has 0 saturated heterocycles. The number of hydrogen-bond donors (Lipinski definition) is 1. The molecule has 0 spiro atoms. The molecular weight excluding hydrogens is 184 g/mol. The Bertz CT molecular complexity index is 349. The first kappa shape index (κ1) is 10.7. The maximum absolute atomic E-state index is 10.4. The Labute approximate surface area is 92.1 Å². The molecule has 2 unspecified atom stereocenters. The molecule has 1 saturated carbocycles. The van der Waals surface area contributed by atoms with Gasteiger partial charge in [-0.1, -0.05) is 42.7 Å². The van der Waals surface area contributed by atoms with Crippen molar-refractivity contribution in [1.82, 2.24) is 0 Å². The van der Waals surface area contributed by atoms with Gasteiger partial charge in [0, 0.05) is 0 Å².